The van der Waals surface area contributed by atoms with Crippen molar-refractivity contribution >= 4 is 0 Å². The summed E-state index contributed by atoms with van der Waals surface area (Å²) in [4.78, 5) is 0. The highest BCUT2D eigenvalue weighted by atomic mass is 16.3. The maximum Gasteiger partial charge on any atom is 0.0434 e. The van der Waals surface area contributed by atoms with Crippen LogP contribution in [-0.4, -0.2) is 46.9 Å². The van der Waals surface area contributed by atoms with Crippen molar-refractivity contribution in [1.82, 2.24) is 0 Å². The van der Waals surface area contributed by atoms with E-state index >= 15 is 0 Å². The van der Waals surface area contributed by atoms with E-state index in [0.29, 0.717) is 0 Å². The quantitative estimate of drug-likeness (QED) is 0.400. The number of aliphatic hydroxyl groups excluding tert-OH is 4. The molecule has 0 saturated carbocycles. The summed E-state index contributed by atoms with van der Waals surface area (Å²) in [6.07, 6.45) is 6.35. The van der Waals surface area contributed by atoms with E-state index in [1.54, 1.807) is 0 Å². The van der Waals surface area contributed by atoms with Gasteiger partial charge in [-0.2, -0.15) is 0 Å². The average Bonchev–Trinajstić information content (AvgIpc) is 2.40. The van der Waals surface area contributed by atoms with Crippen LogP contribution in [0.2, 0.25) is 0 Å². The van der Waals surface area contributed by atoms with E-state index in [0.717, 1.165) is 51.4 Å². The Bertz CT molecular complexity index is 172. The van der Waals surface area contributed by atoms with Crippen molar-refractivity contribution in [3.05, 3.63) is 11.1 Å². The molecule has 0 atom stereocenters. The minimum absolute atomic E-state index is 0.176. The Morgan fingerprint density at radius 2 is 0.667 bits per heavy atom. The lowest BCUT2D eigenvalue weighted by atomic mass is 9.92. The molecule has 0 aliphatic carbocycles. The third-order valence-corrected chi connectivity index (χ3v) is 3.05. The van der Waals surface area contributed by atoms with Gasteiger partial charge in [-0.1, -0.05) is 11.1 Å². The zero-order valence-electron chi connectivity index (χ0n) is 11.3. The maximum atomic E-state index is 8.92. The first kappa shape index (κ1) is 17.6. The van der Waals surface area contributed by atoms with E-state index in [-0.39, 0.29) is 26.4 Å². The molecule has 0 unspecified atom stereocenters. The minimum Gasteiger partial charge on any atom is -0.396 e. The van der Waals surface area contributed by atoms with Crippen LogP contribution in [0.1, 0.15) is 51.4 Å². The lowest BCUT2D eigenvalue weighted by Gasteiger charge is -2.15. The van der Waals surface area contributed by atoms with Gasteiger partial charge in [0.2, 0.25) is 0 Å². The summed E-state index contributed by atoms with van der Waals surface area (Å²) in [6.45, 7) is 0.706. The Morgan fingerprint density at radius 1 is 0.444 bits per heavy atom. The molecule has 0 aromatic carbocycles. The molecule has 0 bridgehead atoms. The van der Waals surface area contributed by atoms with Crippen LogP contribution in [0.3, 0.4) is 0 Å². The zero-order chi connectivity index (χ0) is 13.6. The van der Waals surface area contributed by atoms with E-state index in [1.165, 1.54) is 11.1 Å². The normalized spacial score (nSPS) is 10.7. The summed E-state index contributed by atoms with van der Waals surface area (Å²) in [5.74, 6) is 0. The van der Waals surface area contributed by atoms with Crippen LogP contribution in [0.25, 0.3) is 0 Å². The predicted octanol–water partition coefficient (Wildman–Crippen LogP) is 1.37. The highest BCUT2D eigenvalue weighted by Crippen LogP contribution is 2.24. The Hall–Kier alpha value is -0.420. The highest BCUT2D eigenvalue weighted by Gasteiger charge is 2.07. The predicted molar refractivity (Wildman–Crippen MR) is 72.3 cm³/mol. The Morgan fingerprint density at radius 3 is 0.833 bits per heavy atom. The molecule has 0 heterocycles. The Labute approximate surface area is 110 Å². The molecule has 0 spiro atoms. The van der Waals surface area contributed by atoms with Gasteiger partial charge in [0.1, 0.15) is 0 Å². The molecule has 0 aliphatic heterocycles. The molecule has 0 aromatic heterocycles. The molecular formula is C14H28O4. The number of aliphatic hydroxyl groups is 4. The van der Waals surface area contributed by atoms with E-state index in [4.69, 9.17) is 20.4 Å². The van der Waals surface area contributed by atoms with Crippen molar-refractivity contribution in [3.63, 3.8) is 0 Å². The fourth-order valence-corrected chi connectivity index (χ4v) is 2.13. The maximum absolute atomic E-state index is 8.92. The van der Waals surface area contributed by atoms with Crippen LogP contribution in [-0.2, 0) is 0 Å². The van der Waals surface area contributed by atoms with Crippen LogP contribution in [0.4, 0.5) is 0 Å². The first-order valence-electron chi connectivity index (χ1n) is 6.93. The van der Waals surface area contributed by atoms with Crippen molar-refractivity contribution in [2.75, 3.05) is 26.4 Å². The standard InChI is InChI=1S/C14H28O4/c15-9-1-5-13(6-2-10-16)14(7-3-11-17)8-4-12-18/h15-18H,1-12H2. The van der Waals surface area contributed by atoms with E-state index in [1.807, 2.05) is 0 Å². The molecule has 0 aliphatic rings. The number of allylic oxidation sites excluding steroid dienone is 2. The molecule has 0 rings (SSSR count). The second kappa shape index (κ2) is 13.0. The number of rotatable bonds is 12. The third-order valence-electron chi connectivity index (χ3n) is 3.05. The Balaban J connectivity index is 4.59. The highest BCUT2D eigenvalue weighted by molar-refractivity contribution is 5.14. The van der Waals surface area contributed by atoms with Crippen LogP contribution >= 0.6 is 0 Å². The molecule has 4 N–H and O–H groups in total. The molecular weight excluding hydrogens is 232 g/mol. The molecule has 0 fully saturated rings. The van der Waals surface area contributed by atoms with Crippen molar-refractivity contribution < 1.29 is 20.4 Å². The molecule has 0 amide bonds. The smallest absolute Gasteiger partial charge is 0.0434 e. The molecule has 108 valence electrons. The van der Waals surface area contributed by atoms with Crippen LogP contribution in [0.15, 0.2) is 11.1 Å². The first-order chi connectivity index (χ1) is 8.79. The van der Waals surface area contributed by atoms with Gasteiger partial charge in [0.05, 0.1) is 0 Å². The topological polar surface area (TPSA) is 80.9 Å². The third kappa shape index (κ3) is 8.64. The van der Waals surface area contributed by atoms with E-state index < -0.39 is 0 Å². The first-order valence-corrected chi connectivity index (χ1v) is 6.93. The van der Waals surface area contributed by atoms with Gasteiger partial charge in [0.15, 0.2) is 0 Å². The fourth-order valence-electron chi connectivity index (χ4n) is 2.13. The summed E-state index contributed by atoms with van der Waals surface area (Å²) < 4.78 is 0. The van der Waals surface area contributed by atoms with Crippen LogP contribution < -0.4 is 0 Å². The molecule has 4 heteroatoms. The number of hydrogen-bond donors (Lipinski definition) is 4. The molecule has 0 radical (unpaired) electrons. The van der Waals surface area contributed by atoms with Crippen LogP contribution in [0.5, 0.6) is 0 Å². The summed E-state index contributed by atoms with van der Waals surface area (Å²) in [5.41, 5.74) is 2.58. The van der Waals surface area contributed by atoms with Gasteiger partial charge in [-0.25, -0.2) is 0 Å². The summed E-state index contributed by atoms with van der Waals surface area (Å²) in [7, 11) is 0. The van der Waals surface area contributed by atoms with E-state index in [2.05, 4.69) is 0 Å². The molecule has 4 nitrogen and oxygen atoms in total. The Kier molecular flexibility index (Phi) is 12.7. The molecule has 0 aromatic rings. The van der Waals surface area contributed by atoms with Gasteiger partial charge < -0.3 is 20.4 Å². The second-order valence-corrected chi connectivity index (χ2v) is 4.52. The number of hydrogen-bond acceptors (Lipinski definition) is 4. The van der Waals surface area contributed by atoms with Gasteiger partial charge in [-0.05, 0) is 51.4 Å². The molecule has 18 heavy (non-hydrogen) atoms. The van der Waals surface area contributed by atoms with Crippen molar-refractivity contribution in [3.8, 4) is 0 Å². The van der Waals surface area contributed by atoms with Crippen molar-refractivity contribution in [2.24, 2.45) is 0 Å². The van der Waals surface area contributed by atoms with Crippen molar-refractivity contribution in [2.45, 2.75) is 51.4 Å². The molecule has 0 saturated heterocycles. The van der Waals surface area contributed by atoms with E-state index in [9.17, 15) is 0 Å². The largest absolute Gasteiger partial charge is 0.396 e. The van der Waals surface area contributed by atoms with Gasteiger partial charge in [0.25, 0.3) is 0 Å². The zero-order valence-corrected chi connectivity index (χ0v) is 11.3. The van der Waals surface area contributed by atoms with Crippen molar-refractivity contribution in [1.29, 1.82) is 0 Å². The van der Waals surface area contributed by atoms with Gasteiger partial charge in [-0.3, -0.25) is 0 Å². The monoisotopic (exact) mass is 260 g/mol. The fraction of sp³-hybridized carbons (Fsp3) is 0.857. The lowest BCUT2D eigenvalue weighted by Crippen LogP contribution is -2.00. The minimum atomic E-state index is 0.176. The van der Waals surface area contributed by atoms with Gasteiger partial charge in [0, 0.05) is 26.4 Å². The summed E-state index contributed by atoms with van der Waals surface area (Å²) in [5, 5.41) is 35.7. The average molecular weight is 260 g/mol. The second-order valence-electron chi connectivity index (χ2n) is 4.52. The summed E-state index contributed by atoms with van der Waals surface area (Å²) in [6, 6.07) is 0. The SMILES string of the molecule is OCCCC(CCCO)=C(CCCO)CCCO. The summed E-state index contributed by atoms with van der Waals surface area (Å²) >= 11 is 0. The lowest BCUT2D eigenvalue weighted by molar-refractivity contribution is 0.276. The van der Waals surface area contributed by atoms with Gasteiger partial charge >= 0.3 is 0 Å². The van der Waals surface area contributed by atoms with Crippen LogP contribution in [0, 0.1) is 0 Å². The van der Waals surface area contributed by atoms with Gasteiger partial charge in [-0.15, -0.1) is 0 Å².